The van der Waals surface area contributed by atoms with Gasteiger partial charge in [0.05, 0.1) is 0 Å². The van der Waals surface area contributed by atoms with Gasteiger partial charge in [-0.3, -0.25) is 4.79 Å². The number of Topliss-reactive ketones (excluding diaryl/α,β-unsaturated/α-hetero) is 1. The summed E-state index contributed by atoms with van der Waals surface area (Å²) in [5.74, 6) is 3.39. The summed E-state index contributed by atoms with van der Waals surface area (Å²) in [6.07, 6.45) is 9.38. The lowest BCUT2D eigenvalue weighted by Crippen LogP contribution is -2.25. The molecule has 0 aliphatic heterocycles. The van der Waals surface area contributed by atoms with Gasteiger partial charge in [-0.25, -0.2) is 0 Å². The van der Waals surface area contributed by atoms with Crippen molar-refractivity contribution >= 4 is 29.3 Å². The lowest BCUT2D eigenvalue weighted by molar-refractivity contribution is -0.116. The fourth-order valence-corrected chi connectivity index (χ4v) is 4.54. The van der Waals surface area contributed by atoms with E-state index in [-0.39, 0.29) is 5.78 Å². The van der Waals surface area contributed by atoms with Crippen LogP contribution in [0.1, 0.15) is 45.4 Å². The first-order chi connectivity index (χ1) is 8.65. The first-order valence-corrected chi connectivity index (χ1v) is 9.38. The minimum Gasteiger partial charge on any atom is -0.295 e. The Kier molecular flexibility index (Phi) is 8.16. The van der Waals surface area contributed by atoms with Crippen LogP contribution < -0.4 is 0 Å². The molecule has 1 saturated carbocycles. The summed E-state index contributed by atoms with van der Waals surface area (Å²) in [5.41, 5.74) is 0.728. The number of rotatable bonds is 8. The molecule has 1 rings (SSSR count). The highest BCUT2D eigenvalue weighted by Crippen LogP contribution is 2.36. The largest absolute Gasteiger partial charge is 0.295 e. The van der Waals surface area contributed by atoms with Gasteiger partial charge < -0.3 is 0 Å². The minimum absolute atomic E-state index is 0.275. The zero-order valence-electron chi connectivity index (χ0n) is 11.7. The Morgan fingerprint density at radius 2 is 2.00 bits per heavy atom. The van der Waals surface area contributed by atoms with Crippen LogP contribution in [-0.2, 0) is 4.79 Å². The van der Waals surface area contributed by atoms with E-state index in [9.17, 15) is 4.79 Å². The highest BCUT2D eigenvalue weighted by molar-refractivity contribution is 8.00. The summed E-state index contributed by atoms with van der Waals surface area (Å²) in [5, 5.41) is 0.712. The molecule has 1 nitrogen and oxygen atoms in total. The van der Waals surface area contributed by atoms with Crippen molar-refractivity contribution in [2.45, 2.75) is 50.7 Å². The molecular formula is C15H26OS2. The molecule has 2 atom stereocenters. The normalized spacial score (nSPS) is 23.9. The van der Waals surface area contributed by atoms with Crippen LogP contribution in [0.3, 0.4) is 0 Å². The van der Waals surface area contributed by atoms with Crippen LogP contribution in [0.15, 0.2) is 12.2 Å². The van der Waals surface area contributed by atoms with Crippen LogP contribution in [-0.4, -0.2) is 28.8 Å². The molecule has 0 aromatic rings. The molecule has 0 spiro atoms. The number of carbonyl (C=O) groups excluding carboxylic acids is 1. The minimum atomic E-state index is 0.275. The van der Waals surface area contributed by atoms with Gasteiger partial charge in [-0.05, 0) is 55.4 Å². The van der Waals surface area contributed by atoms with E-state index in [2.05, 4.69) is 24.6 Å². The molecule has 0 saturated heterocycles. The van der Waals surface area contributed by atoms with Gasteiger partial charge in [0.15, 0.2) is 5.78 Å². The lowest BCUT2D eigenvalue weighted by atomic mass is 9.84. The fraction of sp³-hybridized carbons (Fsp3) is 0.800. The van der Waals surface area contributed by atoms with Gasteiger partial charge in [-0.2, -0.15) is 23.5 Å². The third-order valence-corrected chi connectivity index (χ3v) is 5.86. The molecule has 3 heteroatoms. The molecule has 1 fully saturated rings. The van der Waals surface area contributed by atoms with Gasteiger partial charge in [-0.1, -0.05) is 19.4 Å². The highest BCUT2D eigenvalue weighted by Gasteiger charge is 2.27. The second kappa shape index (κ2) is 9.08. The molecule has 0 bridgehead atoms. The highest BCUT2D eigenvalue weighted by atomic mass is 32.2. The molecule has 18 heavy (non-hydrogen) atoms. The second-order valence-electron chi connectivity index (χ2n) is 5.21. The Morgan fingerprint density at radius 3 is 2.67 bits per heavy atom. The van der Waals surface area contributed by atoms with E-state index in [0.29, 0.717) is 11.2 Å². The molecule has 0 aromatic carbocycles. The molecule has 0 heterocycles. The van der Waals surface area contributed by atoms with E-state index in [4.69, 9.17) is 0 Å². The van der Waals surface area contributed by atoms with Crippen LogP contribution in [0.25, 0.3) is 0 Å². The SMILES string of the molecule is C=C(C)C(=O)CC1CCCCC1SCCCSC. The molecule has 0 radical (unpaired) electrons. The van der Waals surface area contributed by atoms with Gasteiger partial charge >= 0.3 is 0 Å². The van der Waals surface area contributed by atoms with Crippen molar-refractivity contribution in [2.24, 2.45) is 5.92 Å². The second-order valence-corrected chi connectivity index (χ2v) is 7.54. The third kappa shape index (κ3) is 5.83. The maximum atomic E-state index is 11.8. The van der Waals surface area contributed by atoms with Crippen molar-refractivity contribution in [3.8, 4) is 0 Å². The quantitative estimate of drug-likeness (QED) is 0.481. The van der Waals surface area contributed by atoms with E-state index < -0.39 is 0 Å². The molecule has 2 unspecified atom stereocenters. The van der Waals surface area contributed by atoms with Crippen molar-refractivity contribution in [1.29, 1.82) is 0 Å². The van der Waals surface area contributed by atoms with Crippen molar-refractivity contribution in [2.75, 3.05) is 17.8 Å². The van der Waals surface area contributed by atoms with Crippen LogP contribution >= 0.6 is 23.5 Å². The number of ketones is 1. The molecule has 0 aromatic heterocycles. The summed E-state index contributed by atoms with van der Waals surface area (Å²) in [4.78, 5) is 11.8. The van der Waals surface area contributed by atoms with Crippen LogP contribution in [0.5, 0.6) is 0 Å². The number of hydrogen-bond acceptors (Lipinski definition) is 3. The van der Waals surface area contributed by atoms with Gasteiger partial charge in [0, 0.05) is 11.7 Å². The maximum Gasteiger partial charge on any atom is 0.158 e. The number of allylic oxidation sites excluding steroid dienone is 1. The summed E-state index contributed by atoms with van der Waals surface area (Å²) < 4.78 is 0. The van der Waals surface area contributed by atoms with E-state index in [1.165, 1.54) is 43.6 Å². The first kappa shape index (κ1) is 16.2. The zero-order chi connectivity index (χ0) is 13.4. The zero-order valence-corrected chi connectivity index (χ0v) is 13.4. The Balaban J connectivity index is 2.36. The monoisotopic (exact) mass is 286 g/mol. The van der Waals surface area contributed by atoms with E-state index in [1.54, 1.807) is 0 Å². The fourth-order valence-electron chi connectivity index (χ4n) is 2.48. The van der Waals surface area contributed by atoms with Gasteiger partial charge in [0.25, 0.3) is 0 Å². The Morgan fingerprint density at radius 1 is 1.28 bits per heavy atom. The summed E-state index contributed by atoms with van der Waals surface area (Å²) in [7, 11) is 0. The number of thioether (sulfide) groups is 2. The molecule has 104 valence electrons. The first-order valence-electron chi connectivity index (χ1n) is 6.94. The van der Waals surface area contributed by atoms with Crippen molar-refractivity contribution in [1.82, 2.24) is 0 Å². The molecule has 0 amide bonds. The van der Waals surface area contributed by atoms with E-state index in [0.717, 1.165) is 12.0 Å². The molecular weight excluding hydrogens is 260 g/mol. The lowest BCUT2D eigenvalue weighted by Gasteiger charge is -2.30. The standard InChI is InChI=1S/C15H26OS2/c1-12(2)14(16)11-13-7-4-5-8-15(13)18-10-6-9-17-3/h13,15H,1,4-11H2,2-3H3. The van der Waals surface area contributed by atoms with E-state index >= 15 is 0 Å². The topological polar surface area (TPSA) is 17.1 Å². The van der Waals surface area contributed by atoms with E-state index in [1.807, 2.05) is 18.7 Å². The number of hydrogen-bond donors (Lipinski definition) is 0. The predicted molar refractivity (Wildman–Crippen MR) is 85.6 cm³/mol. The Bertz CT molecular complexity index is 276. The van der Waals surface area contributed by atoms with Crippen molar-refractivity contribution in [3.63, 3.8) is 0 Å². The van der Waals surface area contributed by atoms with Gasteiger partial charge in [0.2, 0.25) is 0 Å². The molecule has 0 N–H and O–H groups in total. The smallest absolute Gasteiger partial charge is 0.158 e. The Hall–Kier alpha value is 0.110. The third-order valence-electron chi connectivity index (χ3n) is 3.59. The van der Waals surface area contributed by atoms with Crippen molar-refractivity contribution in [3.05, 3.63) is 12.2 Å². The summed E-state index contributed by atoms with van der Waals surface area (Å²) in [6.45, 7) is 5.61. The predicted octanol–water partition coefficient (Wildman–Crippen LogP) is 4.57. The summed E-state index contributed by atoms with van der Waals surface area (Å²) >= 11 is 4.03. The Labute approximate surface area is 121 Å². The number of carbonyl (C=O) groups is 1. The molecule has 1 aliphatic rings. The summed E-state index contributed by atoms with van der Waals surface area (Å²) in [6, 6.07) is 0. The van der Waals surface area contributed by atoms with Gasteiger partial charge in [-0.15, -0.1) is 0 Å². The average molecular weight is 287 g/mol. The van der Waals surface area contributed by atoms with Crippen LogP contribution in [0.4, 0.5) is 0 Å². The van der Waals surface area contributed by atoms with Gasteiger partial charge in [0.1, 0.15) is 0 Å². The van der Waals surface area contributed by atoms with Crippen LogP contribution in [0, 0.1) is 5.92 Å². The van der Waals surface area contributed by atoms with Crippen LogP contribution in [0.2, 0.25) is 0 Å². The molecule has 1 aliphatic carbocycles. The average Bonchev–Trinajstić information content (AvgIpc) is 2.36. The van der Waals surface area contributed by atoms with Crippen molar-refractivity contribution < 1.29 is 4.79 Å². The maximum absolute atomic E-state index is 11.8.